The molecule has 17 heavy (non-hydrogen) atoms. The number of nitrogens with one attached hydrogen (secondary N) is 1. The van der Waals surface area contributed by atoms with Gasteiger partial charge in [-0.3, -0.25) is 0 Å². The maximum absolute atomic E-state index is 5.24. The van der Waals surface area contributed by atoms with Crippen molar-refractivity contribution >= 4 is 56.5 Å². The van der Waals surface area contributed by atoms with E-state index >= 15 is 0 Å². The molecule has 0 bridgehead atoms. The molecule has 0 fully saturated rings. The molecule has 2 aromatic rings. The Kier molecular flexibility index (Phi) is 3.98. The molecular formula is C12H14IN3S. The maximum atomic E-state index is 5.24. The molecule has 0 saturated carbocycles. The van der Waals surface area contributed by atoms with Crippen LogP contribution in [0.3, 0.4) is 0 Å². The van der Waals surface area contributed by atoms with Crippen LogP contribution in [0.4, 0.5) is 5.69 Å². The van der Waals surface area contributed by atoms with E-state index in [1.165, 1.54) is 0 Å². The Balaban J connectivity index is 2.58. The number of para-hydroxylation sites is 1. The quantitative estimate of drug-likeness (QED) is 0.517. The second-order valence-corrected chi connectivity index (χ2v) is 5.01. The number of thiocarbonyl (C=S) groups is 1. The second-order valence-electron chi connectivity index (χ2n) is 3.76. The number of benzene rings is 1. The SMILES string of the molecule is CCn1c(C)nc2cccc(NC(=S)CI)c21. The van der Waals surface area contributed by atoms with Crippen LogP contribution in [0.15, 0.2) is 18.2 Å². The molecule has 90 valence electrons. The molecule has 1 heterocycles. The highest BCUT2D eigenvalue weighted by molar-refractivity contribution is 14.1. The van der Waals surface area contributed by atoms with Crippen LogP contribution in [-0.2, 0) is 6.54 Å². The van der Waals surface area contributed by atoms with Gasteiger partial charge in [0, 0.05) is 6.54 Å². The number of hydrogen-bond acceptors (Lipinski definition) is 2. The van der Waals surface area contributed by atoms with E-state index in [4.69, 9.17) is 12.2 Å². The summed E-state index contributed by atoms with van der Waals surface area (Å²) in [6, 6.07) is 6.09. The molecule has 0 aliphatic carbocycles. The first-order valence-corrected chi connectivity index (χ1v) is 7.42. The lowest BCUT2D eigenvalue weighted by Gasteiger charge is -2.10. The summed E-state index contributed by atoms with van der Waals surface area (Å²) in [4.78, 5) is 5.40. The van der Waals surface area contributed by atoms with Gasteiger partial charge in [-0.2, -0.15) is 0 Å². The summed E-state index contributed by atoms with van der Waals surface area (Å²) in [5.41, 5.74) is 3.21. The van der Waals surface area contributed by atoms with Crippen molar-refractivity contribution in [3.63, 3.8) is 0 Å². The van der Waals surface area contributed by atoms with Gasteiger partial charge in [-0.15, -0.1) is 0 Å². The highest BCUT2D eigenvalue weighted by Crippen LogP contribution is 2.24. The average molecular weight is 359 g/mol. The third-order valence-electron chi connectivity index (χ3n) is 2.67. The van der Waals surface area contributed by atoms with Crippen LogP contribution < -0.4 is 5.32 Å². The zero-order chi connectivity index (χ0) is 12.4. The minimum Gasteiger partial charge on any atom is -0.348 e. The molecule has 3 nitrogen and oxygen atoms in total. The van der Waals surface area contributed by atoms with Crippen molar-refractivity contribution in [3.8, 4) is 0 Å². The van der Waals surface area contributed by atoms with Gasteiger partial charge in [0.15, 0.2) is 0 Å². The van der Waals surface area contributed by atoms with E-state index in [1.54, 1.807) is 0 Å². The highest BCUT2D eigenvalue weighted by Gasteiger charge is 2.10. The Hall–Kier alpha value is -0.690. The normalized spacial score (nSPS) is 10.8. The van der Waals surface area contributed by atoms with Crippen molar-refractivity contribution in [1.82, 2.24) is 9.55 Å². The molecule has 0 saturated heterocycles. The number of rotatable bonds is 3. The Morgan fingerprint density at radius 3 is 2.94 bits per heavy atom. The lowest BCUT2D eigenvalue weighted by Crippen LogP contribution is -2.11. The Morgan fingerprint density at radius 2 is 2.29 bits per heavy atom. The molecule has 0 radical (unpaired) electrons. The highest BCUT2D eigenvalue weighted by atomic mass is 127. The van der Waals surface area contributed by atoms with Gasteiger partial charge >= 0.3 is 0 Å². The number of aromatic nitrogens is 2. The number of fused-ring (bicyclic) bond motifs is 1. The number of anilines is 1. The molecule has 0 aliphatic rings. The van der Waals surface area contributed by atoms with E-state index in [-0.39, 0.29) is 0 Å². The monoisotopic (exact) mass is 359 g/mol. The third-order valence-corrected chi connectivity index (χ3v) is 4.20. The number of hydrogen-bond donors (Lipinski definition) is 1. The smallest absolute Gasteiger partial charge is 0.106 e. The summed E-state index contributed by atoms with van der Waals surface area (Å²) in [6.45, 7) is 5.07. The number of nitrogens with zero attached hydrogens (tertiary/aromatic N) is 2. The van der Waals surface area contributed by atoms with E-state index in [0.29, 0.717) is 0 Å². The van der Waals surface area contributed by atoms with E-state index in [9.17, 15) is 0 Å². The van der Waals surface area contributed by atoms with Crippen molar-refractivity contribution in [3.05, 3.63) is 24.0 Å². The Morgan fingerprint density at radius 1 is 1.53 bits per heavy atom. The molecule has 0 aliphatic heterocycles. The van der Waals surface area contributed by atoms with Crippen molar-refractivity contribution in [2.24, 2.45) is 0 Å². The fourth-order valence-electron chi connectivity index (χ4n) is 1.97. The predicted molar refractivity (Wildman–Crippen MR) is 85.3 cm³/mol. The van der Waals surface area contributed by atoms with Gasteiger partial charge in [0.25, 0.3) is 0 Å². The molecule has 0 unspecified atom stereocenters. The molecular weight excluding hydrogens is 345 g/mol. The Labute approximate surface area is 120 Å². The number of imidazole rings is 1. The topological polar surface area (TPSA) is 29.9 Å². The van der Waals surface area contributed by atoms with Gasteiger partial charge in [-0.25, -0.2) is 4.98 Å². The summed E-state index contributed by atoms with van der Waals surface area (Å²) in [7, 11) is 0. The van der Waals surface area contributed by atoms with E-state index in [0.717, 1.165) is 38.5 Å². The average Bonchev–Trinajstić information content (AvgIpc) is 2.65. The van der Waals surface area contributed by atoms with Gasteiger partial charge in [-0.05, 0) is 26.0 Å². The van der Waals surface area contributed by atoms with Crippen LogP contribution >= 0.6 is 34.8 Å². The van der Waals surface area contributed by atoms with Gasteiger partial charge < -0.3 is 9.88 Å². The lowest BCUT2D eigenvalue weighted by molar-refractivity contribution is 0.754. The van der Waals surface area contributed by atoms with Crippen molar-refractivity contribution in [2.45, 2.75) is 20.4 Å². The van der Waals surface area contributed by atoms with Gasteiger partial charge in [0.05, 0.1) is 26.1 Å². The molecule has 1 N–H and O–H groups in total. The fraction of sp³-hybridized carbons (Fsp3) is 0.333. The molecule has 0 amide bonds. The first-order chi connectivity index (χ1) is 8.17. The van der Waals surface area contributed by atoms with Crippen LogP contribution in [0.5, 0.6) is 0 Å². The standard InChI is InChI=1S/C12H14IN3S/c1-3-16-8(2)14-9-5-4-6-10(12(9)16)15-11(17)7-13/h4-6H,3,7H2,1-2H3,(H,15,17). The first kappa shape index (κ1) is 12.8. The summed E-state index contributed by atoms with van der Waals surface area (Å²) in [5, 5.41) is 3.29. The predicted octanol–water partition coefficient (Wildman–Crippen LogP) is 3.54. The van der Waals surface area contributed by atoms with Crippen LogP contribution in [0, 0.1) is 6.92 Å². The third kappa shape index (κ3) is 2.44. The zero-order valence-corrected chi connectivity index (χ0v) is 12.8. The van der Waals surface area contributed by atoms with Crippen LogP contribution in [0.1, 0.15) is 12.7 Å². The Bertz CT molecular complexity index is 562. The molecule has 2 rings (SSSR count). The molecule has 5 heteroatoms. The number of halogens is 1. The van der Waals surface area contributed by atoms with Gasteiger partial charge in [0.1, 0.15) is 5.82 Å². The van der Waals surface area contributed by atoms with E-state index in [2.05, 4.69) is 44.4 Å². The zero-order valence-electron chi connectivity index (χ0n) is 9.83. The number of aryl methyl sites for hydroxylation is 2. The largest absolute Gasteiger partial charge is 0.348 e. The van der Waals surface area contributed by atoms with Crippen LogP contribution in [-0.4, -0.2) is 19.0 Å². The molecule has 0 atom stereocenters. The number of alkyl halides is 1. The minimum absolute atomic E-state index is 0.822. The van der Waals surface area contributed by atoms with Gasteiger partial charge in [0.2, 0.25) is 0 Å². The minimum atomic E-state index is 0.822. The second kappa shape index (κ2) is 5.30. The van der Waals surface area contributed by atoms with E-state index in [1.807, 2.05) is 25.1 Å². The summed E-state index contributed by atoms with van der Waals surface area (Å²) >= 11 is 7.50. The molecule has 1 aromatic heterocycles. The summed E-state index contributed by atoms with van der Waals surface area (Å²) in [6.07, 6.45) is 0. The fourth-order valence-corrected chi connectivity index (χ4v) is 2.27. The van der Waals surface area contributed by atoms with Crippen molar-refractivity contribution in [1.29, 1.82) is 0 Å². The first-order valence-electron chi connectivity index (χ1n) is 5.49. The summed E-state index contributed by atoms with van der Waals surface area (Å²) < 4.78 is 3.02. The van der Waals surface area contributed by atoms with Crippen LogP contribution in [0.2, 0.25) is 0 Å². The van der Waals surface area contributed by atoms with Crippen LogP contribution in [0.25, 0.3) is 11.0 Å². The van der Waals surface area contributed by atoms with Crippen molar-refractivity contribution in [2.75, 3.05) is 9.74 Å². The molecule has 0 spiro atoms. The van der Waals surface area contributed by atoms with Crippen molar-refractivity contribution < 1.29 is 0 Å². The lowest BCUT2D eigenvalue weighted by atomic mass is 10.2. The van der Waals surface area contributed by atoms with Gasteiger partial charge in [-0.1, -0.05) is 40.9 Å². The maximum Gasteiger partial charge on any atom is 0.106 e. The summed E-state index contributed by atoms with van der Waals surface area (Å²) in [5.74, 6) is 1.04. The molecule has 1 aromatic carbocycles. The van der Waals surface area contributed by atoms with E-state index < -0.39 is 0 Å².